The zero-order valence-electron chi connectivity index (χ0n) is 9.32. The second-order valence-corrected chi connectivity index (χ2v) is 7.04. The van der Waals surface area contributed by atoms with E-state index in [4.69, 9.17) is 4.74 Å². The van der Waals surface area contributed by atoms with Crippen LogP contribution >= 0.6 is 0 Å². The average Bonchev–Trinajstić information content (AvgIpc) is 2.80. The molecule has 4 rings (SSSR count). The molecule has 0 heterocycles. The van der Waals surface area contributed by atoms with E-state index in [0.29, 0.717) is 10.8 Å². The number of hydrogen-bond donors (Lipinski definition) is 0. The average molecular weight is 335 g/mol. The Morgan fingerprint density at radius 2 is 2.25 bits per heavy atom. The number of carbonyl (C=O) groups is 1. The molecule has 88 valence electrons. The molecule has 16 heavy (non-hydrogen) atoms. The maximum Gasteiger partial charge on any atom is 0.508 e. The third kappa shape index (κ3) is 0.782. The summed E-state index contributed by atoms with van der Waals surface area (Å²) in [5, 5.41) is 0. The summed E-state index contributed by atoms with van der Waals surface area (Å²) in [5.74, 6) is 1.71. The zero-order valence-corrected chi connectivity index (χ0v) is 11.7. The Balaban J connectivity index is 1.59. The predicted octanol–water partition coefficient (Wildman–Crippen LogP) is -1.39. The molecule has 4 fully saturated rings. The van der Waals surface area contributed by atoms with Crippen molar-refractivity contribution in [3.63, 3.8) is 0 Å². The fourth-order valence-electron chi connectivity index (χ4n) is 5.48. The molecule has 0 saturated heterocycles. The molecule has 4 aliphatic rings. The second kappa shape index (κ2) is 2.54. The maximum absolute atomic E-state index is 11.3. The van der Waals surface area contributed by atoms with Gasteiger partial charge in [-0.2, -0.15) is 0 Å². The van der Waals surface area contributed by atoms with Crippen LogP contribution in [0.1, 0.15) is 25.7 Å². The topological polar surface area (TPSA) is 35.5 Å². The van der Waals surface area contributed by atoms with Crippen LogP contribution in [0.4, 0.5) is 4.79 Å². The van der Waals surface area contributed by atoms with Crippen LogP contribution in [-0.4, -0.2) is 23.3 Å². The Labute approximate surface area is 108 Å². The second-order valence-electron chi connectivity index (χ2n) is 6.21. The first-order valence-corrected chi connectivity index (χ1v) is 7.61. The van der Waals surface area contributed by atoms with Crippen LogP contribution in [0.2, 0.25) is 0 Å². The summed E-state index contributed by atoms with van der Waals surface area (Å²) >= 11 is 2.24. The highest BCUT2D eigenvalue weighted by Crippen LogP contribution is 2.92. The van der Waals surface area contributed by atoms with Crippen LogP contribution in [-0.2, 0) is 9.47 Å². The Bertz CT molecular complexity index is 398. The van der Waals surface area contributed by atoms with E-state index in [9.17, 15) is 4.79 Å². The first-order chi connectivity index (χ1) is 7.61. The first-order valence-electron chi connectivity index (χ1n) is 5.97. The van der Waals surface area contributed by atoms with Gasteiger partial charge in [-0.3, -0.25) is 0 Å². The van der Waals surface area contributed by atoms with Gasteiger partial charge in [0.25, 0.3) is 22.6 Å². The van der Waals surface area contributed by atoms with Crippen molar-refractivity contribution in [2.24, 2.45) is 22.7 Å². The molecule has 0 aromatic heterocycles. The lowest BCUT2D eigenvalue weighted by Crippen LogP contribution is -3.37. The van der Waals surface area contributed by atoms with Gasteiger partial charge in [0.15, 0.2) is 0 Å². The van der Waals surface area contributed by atoms with E-state index in [1.807, 2.05) is 0 Å². The minimum Gasteiger partial charge on any atom is -0.438 e. The minimum atomic E-state index is -0.479. The molecule has 0 aromatic carbocycles. The van der Waals surface area contributed by atoms with Gasteiger partial charge in [-0.05, 0) is 37.5 Å². The van der Waals surface area contributed by atoms with E-state index < -0.39 is 6.16 Å². The SMILES string of the molecule is COC(=O)OC12CC3CC4(C[IH+])CC1(C2)C34. The predicted molar refractivity (Wildman–Crippen MR) is 52.8 cm³/mol. The summed E-state index contributed by atoms with van der Waals surface area (Å²) < 4.78 is 11.5. The molecular weight excluding hydrogens is 319 g/mol. The van der Waals surface area contributed by atoms with Crippen LogP contribution in [0.25, 0.3) is 0 Å². The molecule has 0 radical (unpaired) electrons. The number of ether oxygens (including phenoxy) is 2. The van der Waals surface area contributed by atoms with Gasteiger partial charge in [0.1, 0.15) is 10.0 Å². The molecule has 4 saturated carbocycles. The molecule has 0 amide bonds. The Morgan fingerprint density at radius 1 is 1.44 bits per heavy atom. The molecule has 4 heteroatoms. The molecule has 0 aromatic rings. The van der Waals surface area contributed by atoms with Crippen molar-refractivity contribution in [3.8, 4) is 0 Å². The van der Waals surface area contributed by atoms with Crippen molar-refractivity contribution in [1.29, 1.82) is 0 Å². The molecule has 0 aliphatic heterocycles. The summed E-state index contributed by atoms with van der Waals surface area (Å²) in [6, 6.07) is 0. The van der Waals surface area contributed by atoms with Crippen LogP contribution < -0.4 is 22.6 Å². The monoisotopic (exact) mass is 335 g/mol. The lowest BCUT2D eigenvalue weighted by Gasteiger charge is -2.63. The zero-order chi connectivity index (χ0) is 11.2. The van der Waals surface area contributed by atoms with Crippen LogP contribution in [0.3, 0.4) is 0 Å². The lowest BCUT2D eigenvalue weighted by atomic mass is 9.39. The van der Waals surface area contributed by atoms with Crippen molar-refractivity contribution in [2.75, 3.05) is 11.5 Å². The highest BCUT2D eigenvalue weighted by Gasteiger charge is 2.93. The largest absolute Gasteiger partial charge is 0.508 e. The third-order valence-electron chi connectivity index (χ3n) is 5.77. The number of carbonyl (C=O) groups excluding carboxylic acids is 1. The van der Waals surface area contributed by atoms with Gasteiger partial charge < -0.3 is 9.47 Å². The van der Waals surface area contributed by atoms with Crippen LogP contribution in [0, 0.1) is 22.7 Å². The quantitative estimate of drug-likeness (QED) is 0.354. The molecule has 4 aliphatic carbocycles. The lowest BCUT2D eigenvalue weighted by molar-refractivity contribution is -0.429. The Morgan fingerprint density at radius 3 is 2.94 bits per heavy atom. The van der Waals surface area contributed by atoms with Gasteiger partial charge in [0.2, 0.25) is 0 Å². The number of methoxy groups -OCH3 is 1. The highest BCUT2D eigenvalue weighted by molar-refractivity contribution is 5.62. The van der Waals surface area contributed by atoms with E-state index in [1.165, 1.54) is 24.4 Å². The molecule has 3 nitrogen and oxygen atoms in total. The van der Waals surface area contributed by atoms with Crippen LogP contribution in [0.5, 0.6) is 0 Å². The Hall–Kier alpha value is 0. The van der Waals surface area contributed by atoms with Crippen molar-refractivity contribution < 1.29 is 36.9 Å². The van der Waals surface area contributed by atoms with E-state index in [1.54, 1.807) is 0 Å². The standard InChI is InChI=1S/C12H16IO3/c1-15-9(14)16-12-3-7-2-10(6-13)4-11(12,5-12)8(7)10/h7-8,13H,2-6H2,1H3/q+1. The van der Waals surface area contributed by atoms with Gasteiger partial charge >= 0.3 is 6.16 Å². The van der Waals surface area contributed by atoms with Gasteiger partial charge in [-0.15, -0.1) is 0 Å². The number of hydrogen-bond acceptors (Lipinski definition) is 3. The normalized spacial score (nSPS) is 58.9. The number of halogens is 1. The fourth-order valence-corrected chi connectivity index (χ4v) is 6.62. The summed E-state index contributed by atoms with van der Waals surface area (Å²) in [6.45, 7) is 0. The van der Waals surface area contributed by atoms with Gasteiger partial charge in [-0.25, -0.2) is 4.79 Å². The van der Waals surface area contributed by atoms with Crippen molar-refractivity contribution in [3.05, 3.63) is 0 Å². The van der Waals surface area contributed by atoms with Gasteiger partial charge in [0.05, 0.1) is 7.11 Å². The summed E-state index contributed by atoms with van der Waals surface area (Å²) in [7, 11) is 1.40. The highest BCUT2D eigenvalue weighted by atomic mass is 127. The maximum atomic E-state index is 11.3. The first kappa shape index (κ1) is 9.97. The number of rotatable bonds is 2. The molecule has 0 N–H and O–H groups in total. The number of alkyl halides is 1. The fraction of sp³-hybridized carbons (Fsp3) is 0.917. The molecular formula is C12H16IO3+. The molecule has 1 spiro atoms. The minimum absolute atomic E-state index is 0.105. The van der Waals surface area contributed by atoms with Crippen LogP contribution in [0.15, 0.2) is 0 Å². The summed E-state index contributed by atoms with van der Waals surface area (Å²) in [6.07, 6.45) is 4.42. The molecule has 0 bridgehead atoms. The summed E-state index contributed by atoms with van der Waals surface area (Å²) in [4.78, 5) is 11.3. The van der Waals surface area contributed by atoms with E-state index in [2.05, 4.69) is 27.3 Å². The van der Waals surface area contributed by atoms with Gasteiger partial charge in [-0.1, -0.05) is 0 Å². The van der Waals surface area contributed by atoms with E-state index in [0.717, 1.165) is 24.7 Å². The van der Waals surface area contributed by atoms with Crippen molar-refractivity contribution in [2.45, 2.75) is 31.3 Å². The smallest absolute Gasteiger partial charge is 0.438 e. The van der Waals surface area contributed by atoms with E-state index >= 15 is 0 Å². The van der Waals surface area contributed by atoms with Crippen molar-refractivity contribution >= 4 is 6.16 Å². The van der Waals surface area contributed by atoms with Gasteiger partial charge in [0, 0.05) is 10.8 Å². The van der Waals surface area contributed by atoms with E-state index in [-0.39, 0.29) is 5.60 Å². The van der Waals surface area contributed by atoms with Crippen molar-refractivity contribution in [1.82, 2.24) is 0 Å². The summed E-state index contributed by atoms with van der Waals surface area (Å²) in [5.41, 5.74) is 0.931. The third-order valence-corrected chi connectivity index (χ3v) is 7.41. The Kier molecular flexibility index (Phi) is 1.59. The molecule has 5 atom stereocenters. The molecule has 5 unspecified atom stereocenters.